The molecule has 19 heavy (non-hydrogen) atoms. The molecule has 100 valence electrons. The average Bonchev–Trinajstić information content (AvgIpc) is 2.41. The molecule has 0 bridgehead atoms. The minimum atomic E-state index is 0.500. The van der Waals surface area contributed by atoms with Crippen LogP contribution in [0.15, 0.2) is 30.5 Å². The molecule has 0 unspecified atom stereocenters. The van der Waals surface area contributed by atoms with E-state index in [0.29, 0.717) is 13.2 Å². The third-order valence-corrected chi connectivity index (χ3v) is 2.69. The van der Waals surface area contributed by atoms with Crippen molar-refractivity contribution in [2.24, 2.45) is 5.73 Å². The lowest BCUT2D eigenvalue weighted by Gasteiger charge is -2.09. The first-order valence-corrected chi connectivity index (χ1v) is 6.19. The van der Waals surface area contributed by atoms with Gasteiger partial charge in [0.1, 0.15) is 18.2 Å². The van der Waals surface area contributed by atoms with Gasteiger partial charge in [-0.15, -0.1) is 0 Å². The number of hydrogen-bond acceptors (Lipinski definition) is 5. The quantitative estimate of drug-likeness (QED) is 0.860. The third-order valence-electron chi connectivity index (χ3n) is 2.69. The fraction of sp³-hybridized carbons (Fsp3) is 0.286. The first-order chi connectivity index (χ1) is 9.19. The van der Waals surface area contributed by atoms with Crippen LogP contribution in [-0.4, -0.2) is 23.1 Å². The Bertz CT molecular complexity index is 557. The van der Waals surface area contributed by atoms with Crippen molar-refractivity contribution in [1.82, 2.24) is 9.97 Å². The van der Waals surface area contributed by atoms with Crippen molar-refractivity contribution in [3.8, 4) is 5.75 Å². The van der Waals surface area contributed by atoms with Gasteiger partial charge in [-0.2, -0.15) is 0 Å². The Morgan fingerprint density at radius 1 is 1.26 bits per heavy atom. The lowest BCUT2D eigenvalue weighted by molar-refractivity contribution is 0.328. The zero-order valence-electron chi connectivity index (χ0n) is 11.2. The van der Waals surface area contributed by atoms with E-state index in [2.05, 4.69) is 15.3 Å². The molecular formula is C14H18N4O. The molecule has 0 aliphatic heterocycles. The Hall–Kier alpha value is -2.14. The van der Waals surface area contributed by atoms with E-state index < -0.39 is 0 Å². The predicted octanol–water partition coefficient (Wildman–Crippen LogP) is 2.17. The number of hydrogen-bond donors (Lipinski definition) is 2. The second-order valence-electron chi connectivity index (χ2n) is 4.22. The normalized spacial score (nSPS) is 10.3. The summed E-state index contributed by atoms with van der Waals surface area (Å²) < 4.78 is 5.48. The summed E-state index contributed by atoms with van der Waals surface area (Å²) in [5.74, 6) is 1.51. The summed E-state index contributed by atoms with van der Waals surface area (Å²) in [4.78, 5) is 8.70. The second-order valence-corrected chi connectivity index (χ2v) is 4.22. The van der Waals surface area contributed by atoms with Crippen molar-refractivity contribution in [1.29, 1.82) is 0 Å². The molecule has 0 aliphatic carbocycles. The Labute approximate surface area is 112 Å². The number of nitrogens with two attached hydrogens (primary N) is 1. The van der Waals surface area contributed by atoms with Crippen LogP contribution in [-0.2, 0) is 0 Å². The van der Waals surface area contributed by atoms with E-state index in [4.69, 9.17) is 10.5 Å². The van der Waals surface area contributed by atoms with Crippen LogP contribution < -0.4 is 15.8 Å². The smallest absolute Gasteiger partial charge is 0.149 e. The molecule has 0 radical (unpaired) electrons. The van der Waals surface area contributed by atoms with E-state index >= 15 is 0 Å². The van der Waals surface area contributed by atoms with Gasteiger partial charge in [-0.3, -0.25) is 4.98 Å². The van der Waals surface area contributed by atoms with Crippen LogP contribution >= 0.6 is 0 Å². The van der Waals surface area contributed by atoms with E-state index in [9.17, 15) is 0 Å². The van der Waals surface area contributed by atoms with E-state index in [0.717, 1.165) is 28.6 Å². The van der Waals surface area contributed by atoms with Gasteiger partial charge in [0.2, 0.25) is 0 Å². The molecule has 0 amide bonds. The van der Waals surface area contributed by atoms with Crippen molar-refractivity contribution < 1.29 is 4.74 Å². The van der Waals surface area contributed by atoms with Crippen molar-refractivity contribution in [3.05, 3.63) is 41.9 Å². The molecule has 1 heterocycles. The van der Waals surface area contributed by atoms with E-state index in [1.165, 1.54) is 0 Å². The van der Waals surface area contributed by atoms with Gasteiger partial charge in [-0.25, -0.2) is 4.98 Å². The molecule has 3 N–H and O–H groups in total. The Morgan fingerprint density at radius 3 is 2.84 bits per heavy atom. The summed E-state index contributed by atoms with van der Waals surface area (Å²) in [5, 5.41) is 3.20. The monoisotopic (exact) mass is 258 g/mol. The predicted molar refractivity (Wildman–Crippen MR) is 75.8 cm³/mol. The summed E-state index contributed by atoms with van der Waals surface area (Å²) in [6, 6.07) is 7.67. The molecule has 1 aromatic carbocycles. The SMILES string of the molecule is Cc1ncc(Nc2cccc(OCCN)c2)nc1C. The molecule has 0 saturated carbocycles. The van der Waals surface area contributed by atoms with Gasteiger partial charge in [0.25, 0.3) is 0 Å². The molecule has 5 nitrogen and oxygen atoms in total. The van der Waals surface area contributed by atoms with E-state index in [-0.39, 0.29) is 0 Å². The zero-order valence-corrected chi connectivity index (χ0v) is 11.2. The fourth-order valence-corrected chi connectivity index (χ4v) is 1.59. The maximum Gasteiger partial charge on any atom is 0.149 e. The zero-order chi connectivity index (χ0) is 13.7. The largest absolute Gasteiger partial charge is 0.492 e. The van der Waals surface area contributed by atoms with Gasteiger partial charge in [0, 0.05) is 18.3 Å². The number of anilines is 2. The maximum atomic E-state index is 5.48. The summed E-state index contributed by atoms with van der Waals surface area (Å²) >= 11 is 0. The number of nitrogens with one attached hydrogen (secondary N) is 1. The van der Waals surface area contributed by atoms with Crippen LogP contribution in [0.1, 0.15) is 11.4 Å². The second kappa shape index (κ2) is 6.15. The van der Waals surface area contributed by atoms with Gasteiger partial charge in [0.15, 0.2) is 0 Å². The van der Waals surface area contributed by atoms with Crippen LogP contribution in [0.5, 0.6) is 5.75 Å². The van der Waals surface area contributed by atoms with Crippen LogP contribution in [0.3, 0.4) is 0 Å². The van der Waals surface area contributed by atoms with E-state index in [1.807, 2.05) is 38.1 Å². The first-order valence-electron chi connectivity index (χ1n) is 6.19. The van der Waals surface area contributed by atoms with Crippen molar-refractivity contribution in [2.45, 2.75) is 13.8 Å². The van der Waals surface area contributed by atoms with Crippen LogP contribution in [0, 0.1) is 13.8 Å². The molecule has 5 heteroatoms. The molecular weight excluding hydrogens is 240 g/mol. The molecule has 0 fully saturated rings. The lowest BCUT2D eigenvalue weighted by Crippen LogP contribution is -2.10. The minimum absolute atomic E-state index is 0.500. The number of benzene rings is 1. The minimum Gasteiger partial charge on any atom is -0.492 e. The average molecular weight is 258 g/mol. The third kappa shape index (κ3) is 3.66. The molecule has 2 rings (SSSR count). The highest BCUT2D eigenvalue weighted by molar-refractivity contribution is 5.57. The number of ether oxygens (including phenoxy) is 1. The molecule has 1 aromatic heterocycles. The van der Waals surface area contributed by atoms with Gasteiger partial charge >= 0.3 is 0 Å². The van der Waals surface area contributed by atoms with Crippen molar-refractivity contribution >= 4 is 11.5 Å². The topological polar surface area (TPSA) is 73.1 Å². The Kier molecular flexibility index (Phi) is 4.30. The van der Waals surface area contributed by atoms with Crippen molar-refractivity contribution in [2.75, 3.05) is 18.5 Å². The fourth-order valence-electron chi connectivity index (χ4n) is 1.59. The Balaban J connectivity index is 2.11. The standard InChI is InChI=1S/C14H18N4O/c1-10-11(2)17-14(9-16-10)18-12-4-3-5-13(8-12)19-7-6-15/h3-5,8-9H,6-7,15H2,1-2H3,(H,17,18). The molecule has 0 aliphatic rings. The number of rotatable bonds is 5. The van der Waals surface area contributed by atoms with Gasteiger partial charge in [-0.1, -0.05) is 6.07 Å². The summed E-state index contributed by atoms with van der Waals surface area (Å²) in [6.07, 6.45) is 1.72. The maximum absolute atomic E-state index is 5.48. The molecule has 0 saturated heterocycles. The van der Waals surface area contributed by atoms with Gasteiger partial charge < -0.3 is 15.8 Å². The molecule has 0 spiro atoms. The first kappa shape index (κ1) is 13.3. The number of aromatic nitrogens is 2. The molecule has 2 aromatic rings. The number of nitrogens with zero attached hydrogens (tertiary/aromatic N) is 2. The molecule has 0 atom stereocenters. The summed E-state index contributed by atoms with van der Waals surface area (Å²) in [7, 11) is 0. The van der Waals surface area contributed by atoms with Crippen LogP contribution in [0.25, 0.3) is 0 Å². The van der Waals surface area contributed by atoms with Gasteiger partial charge in [-0.05, 0) is 26.0 Å². The highest BCUT2D eigenvalue weighted by Crippen LogP contribution is 2.20. The highest BCUT2D eigenvalue weighted by Gasteiger charge is 2.01. The van der Waals surface area contributed by atoms with Crippen molar-refractivity contribution in [3.63, 3.8) is 0 Å². The van der Waals surface area contributed by atoms with Gasteiger partial charge in [0.05, 0.1) is 17.6 Å². The lowest BCUT2D eigenvalue weighted by atomic mass is 10.3. The Morgan fingerprint density at radius 2 is 2.11 bits per heavy atom. The summed E-state index contributed by atoms with van der Waals surface area (Å²) in [5.41, 5.74) is 8.17. The highest BCUT2D eigenvalue weighted by atomic mass is 16.5. The summed E-state index contributed by atoms with van der Waals surface area (Å²) in [6.45, 7) is 4.88. The van der Waals surface area contributed by atoms with Crippen LogP contribution in [0.2, 0.25) is 0 Å². The van der Waals surface area contributed by atoms with E-state index in [1.54, 1.807) is 6.20 Å². The van der Waals surface area contributed by atoms with Crippen LogP contribution in [0.4, 0.5) is 11.5 Å². The number of aryl methyl sites for hydroxylation is 2.